The summed E-state index contributed by atoms with van der Waals surface area (Å²) in [5.74, 6) is 1.66. The van der Waals surface area contributed by atoms with E-state index >= 15 is 0 Å². The summed E-state index contributed by atoms with van der Waals surface area (Å²) in [5.41, 5.74) is 1.36. The lowest BCUT2D eigenvalue weighted by atomic mass is 9.97. The molecular formula is C19H31NO. The van der Waals surface area contributed by atoms with Gasteiger partial charge in [-0.1, -0.05) is 51.8 Å². The molecule has 0 saturated heterocycles. The summed E-state index contributed by atoms with van der Waals surface area (Å²) in [7, 11) is 0. The van der Waals surface area contributed by atoms with Crippen LogP contribution in [-0.2, 0) is 0 Å². The number of nitrogens with one attached hydrogen (secondary N) is 1. The zero-order valence-corrected chi connectivity index (χ0v) is 13.9. The predicted octanol–water partition coefficient (Wildman–Crippen LogP) is 4.89. The third-order valence-corrected chi connectivity index (χ3v) is 4.76. The average Bonchev–Trinajstić information content (AvgIpc) is 2.73. The van der Waals surface area contributed by atoms with Crippen molar-refractivity contribution in [3.8, 4) is 5.75 Å². The molecule has 1 saturated carbocycles. The molecule has 0 aliphatic heterocycles. The van der Waals surface area contributed by atoms with Gasteiger partial charge >= 0.3 is 0 Å². The van der Waals surface area contributed by atoms with Crippen molar-refractivity contribution in [1.82, 2.24) is 5.32 Å². The molecule has 0 heterocycles. The smallest absolute Gasteiger partial charge is 0.123 e. The molecule has 3 unspecified atom stereocenters. The maximum Gasteiger partial charge on any atom is 0.123 e. The number of likely N-dealkylation sites (N-methyl/N-ethyl adjacent to an activating group) is 1. The number of hydrogen-bond donors (Lipinski definition) is 1. The fourth-order valence-electron chi connectivity index (χ4n) is 3.29. The van der Waals surface area contributed by atoms with Gasteiger partial charge in [-0.25, -0.2) is 0 Å². The number of benzene rings is 1. The topological polar surface area (TPSA) is 21.3 Å². The van der Waals surface area contributed by atoms with Crippen LogP contribution in [0.1, 0.15) is 70.8 Å². The molecule has 2 nitrogen and oxygen atoms in total. The van der Waals surface area contributed by atoms with Gasteiger partial charge in [0.25, 0.3) is 0 Å². The van der Waals surface area contributed by atoms with Gasteiger partial charge in [-0.2, -0.15) is 0 Å². The Bertz CT molecular complexity index is 418. The Morgan fingerprint density at radius 2 is 1.90 bits per heavy atom. The Morgan fingerprint density at radius 1 is 1.14 bits per heavy atom. The number of para-hydroxylation sites is 1. The van der Waals surface area contributed by atoms with Crippen LogP contribution < -0.4 is 10.1 Å². The summed E-state index contributed by atoms with van der Waals surface area (Å²) in [6.45, 7) is 7.75. The Labute approximate surface area is 130 Å². The molecule has 1 N–H and O–H groups in total. The predicted molar refractivity (Wildman–Crippen MR) is 90.1 cm³/mol. The molecule has 1 aromatic rings. The first-order valence-corrected chi connectivity index (χ1v) is 8.75. The molecule has 1 fully saturated rings. The minimum atomic E-state index is 0.317. The van der Waals surface area contributed by atoms with Crippen molar-refractivity contribution in [3.63, 3.8) is 0 Å². The molecule has 0 amide bonds. The fraction of sp³-hybridized carbons (Fsp3) is 0.684. The molecule has 0 bridgehead atoms. The molecule has 2 rings (SSSR count). The first kappa shape index (κ1) is 16.4. The van der Waals surface area contributed by atoms with E-state index in [-0.39, 0.29) is 0 Å². The van der Waals surface area contributed by atoms with E-state index in [0.717, 1.165) is 18.7 Å². The molecule has 2 heteroatoms. The second-order valence-electron chi connectivity index (χ2n) is 6.31. The van der Waals surface area contributed by atoms with Crippen LogP contribution in [0.25, 0.3) is 0 Å². The van der Waals surface area contributed by atoms with Crippen LogP contribution >= 0.6 is 0 Å². The van der Waals surface area contributed by atoms with Gasteiger partial charge in [-0.3, -0.25) is 0 Å². The molecule has 3 atom stereocenters. The zero-order chi connectivity index (χ0) is 15.1. The van der Waals surface area contributed by atoms with Gasteiger partial charge in [0.05, 0.1) is 0 Å². The standard InChI is InChI=1S/C19H31NO/c1-4-15(3)16-11-9-10-13-18(16)21-19-14-8-6-7-12-17(19)20-5-2/h9-11,13,15,17,19-20H,4-8,12,14H2,1-3H3. The van der Waals surface area contributed by atoms with E-state index in [4.69, 9.17) is 4.74 Å². The van der Waals surface area contributed by atoms with Crippen molar-refractivity contribution in [2.24, 2.45) is 0 Å². The lowest BCUT2D eigenvalue weighted by molar-refractivity contribution is 0.143. The first-order chi connectivity index (χ1) is 10.3. The molecule has 0 spiro atoms. The lowest BCUT2D eigenvalue weighted by Gasteiger charge is -2.28. The normalized spacial score (nSPS) is 24.3. The molecule has 1 aliphatic rings. The van der Waals surface area contributed by atoms with E-state index in [1.807, 2.05) is 0 Å². The Balaban J connectivity index is 2.14. The number of hydrogen-bond acceptors (Lipinski definition) is 2. The highest BCUT2D eigenvalue weighted by Crippen LogP contribution is 2.31. The maximum absolute atomic E-state index is 6.49. The van der Waals surface area contributed by atoms with Gasteiger partial charge in [0.1, 0.15) is 11.9 Å². The summed E-state index contributed by atoms with van der Waals surface area (Å²) in [4.78, 5) is 0. The van der Waals surface area contributed by atoms with E-state index in [1.165, 1.54) is 37.7 Å². The highest BCUT2D eigenvalue weighted by atomic mass is 16.5. The monoisotopic (exact) mass is 289 g/mol. The van der Waals surface area contributed by atoms with E-state index < -0.39 is 0 Å². The quantitative estimate of drug-likeness (QED) is 0.753. The zero-order valence-electron chi connectivity index (χ0n) is 13.9. The van der Waals surface area contributed by atoms with Crippen molar-refractivity contribution in [2.75, 3.05) is 6.54 Å². The van der Waals surface area contributed by atoms with E-state index in [1.54, 1.807) is 0 Å². The first-order valence-electron chi connectivity index (χ1n) is 8.75. The number of ether oxygens (including phenoxy) is 1. The highest BCUT2D eigenvalue weighted by Gasteiger charge is 2.25. The van der Waals surface area contributed by atoms with Crippen LogP contribution in [-0.4, -0.2) is 18.7 Å². The van der Waals surface area contributed by atoms with Crippen molar-refractivity contribution < 1.29 is 4.74 Å². The largest absolute Gasteiger partial charge is 0.489 e. The Morgan fingerprint density at radius 3 is 2.67 bits per heavy atom. The van der Waals surface area contributed by atoms with Crippen LogP contribution in [0.15, 0.2) is 24.3 Å². The molecular weight excluding hydrogens is 258 g/mol. The van der Waals surface area contributed by atoms with Crippen molar-refractivity contribution >= 4 is 0 Å². The second-order valence-corrected chi connectivity index (χ2v) is 6.31. The van der Waals surface area contributed by atoms with Gasteiger partial charge in [0.2, 0.25) is 0 Å². The second kappa shape index (κ2) is 8.43. The lowest BCUT2D eigenvalue weighted by Crippen LogP contribution is -2.42. The minimum Gasteiger partial charge on any atom is -0.489 e. The van der Waals surface area contributed by atoms with Crippen molar-refractivity contribution in [2.45, 2.75) is 77.4 Å². The van der Waals surface area contributed by atoms with Crippen LogP contribution in [0.4, 0.5) is 0 Å². The molecule has 1 aromatic carbocycles. The summed E-state index contributed by atoms with van der Waals surface area (Å²) in [6.07, 6.45) is 7.84. The van der Waals surface area contributed by atoms with E-state index in [2.05, 4.69) is 50.4 Å². The summed E-state index contributed by atoms with van der Waals surface area (Å²) >= 11 is 0. The van der Waals surface area contributed by atoms with Gasteiger partial charge in [-0.05, 0) is 49.8 Å². The van der Waals surface area contributed by atoms with Crippen LogP contribution in [0, 0.1) is 0 Å². The summed E-state index contributed by atoms with van der Waals surface area (Å²) < 4.78 is 6.49. The molecule has 118 valence electrons. The third kappa shape index (κ3) is 4.47. The van der Waals surface area contributed by atoms with E-state index in [9.17, 15) is 0 Å². The van der Waals surface area contributed by atoms with Crippen LogP contribution in [0.3, 0.4) is 0 Å². The maximum atomic E-state index is 6.49. The van der Waals surface area contributed by atoms with Gasteiger partial charge < -0.3 is 10.1 Å². The average molecular weight is 289 g/mol. The molecule has 1 aliphatic carbocycles. The van der Waals surface area contributed by atoms with Crippen LogP contribution in [0.2, 0.25) is 0 Å². The van der Waals surface area contributed by atoms with Gasteiger partial charge in [0.15, 0.2) is 0 Å². The van der Waals surface area contributed by atoms with Crippen molar-refractivity contribution in [3.05, 3.63) is 29.8 Å². The Kier molecular flexibility index (Phi) is 6.56. The molecule has 0 aromatic heterocycles. The fourth-order valence-corrected chi connectivity index (χ4v) is 3.29. The SMILES string of the molecule is CCNC1CCCCCC1Oc1ccccc1C(C)CC. The third-order valence-electron chi connectivity index (χ3n) is 4.76. The van der Waals surface area contributed by atoms with Gasteiger partial charge in [0, 0.05) is 6.04 Å². The minimum absolute atomic E-state index is 0.317. The molecule has 21 heavy (non-hydrogen) atoms. The summed E-state index contributed by atoms with van der Waals surface area (Å²) in [6, 6.07) is 9.10. The van der Waals surface area contributed by atoms with E-state index in [0.29, 0.717) is 18.1 Å². The number of rotatable bonds is 6. The Hall–Kier alpha value is -1.02. The van der Waals surface area contributed by atoms with Gasteiger partial charge in [-0.15, -0.1) is 0 Å². The highest BCUT2D eigenvalue weighted by molar-refractivity contribution is 5.36. The summed E-state index contributed by atoms with van der Waals surface area (Å²) in [5, 5.41) is 3.63. The van der Waals surface area contributed by atoms with Crippen LogP contribution in [0.5, 0.6) is 5.75 Å². The van der Waals surface area contributed by atoms with Crippen molar-refractivity contribution in [1.29, 1.82) is 0 Å². The molecule has 0 radical (unpaired) electrons.